The summed E-state index contributed by atoms with van der Waals surface area (Å²) < 4.78 is 5.88. The van der Waals surface area contributed by atoms with Crippen LogP contribution in [0.5, 0.6) is 0 Å². The van der Waals surface area contributed by atoms with Gasteiger partial charge in [-0.05, 0) is 24.6 Å². The molecule has 110 valence electrons. The van der Waals surface area contributed by atoms with Crippen LogP contribution in [0.3, 0.4) is 0 Å². The highest BCUT2D eigenvalue weighted by atomic mass is 35.5. The van der Waals surface area contributed by atoms with Crippen LogP contribution in [0.2, 0.25) is 5.02 Å². The number of halogens is 1. The Morgan fingerprint density at radius 2 is 1.95 bits per heavy atom. The highest BCUT2D eigenvalue weighted by Crippen LogP contribution is 2.19. The van der Waals surface area contributed by atoms with Crippen molar-refractivity contribution < 1.29 is 9.53 Å². The Balaban J connectivity index is 2.48. The van der Waals surface area contributed by atoms with Gasteiger partial charge in [0.1, 0.15) is 0 Å². The van der Waals surface area contributed by atoms with Crippen molar-refractivity contribution in [2.24, 2.45) is 0 Å². The number of methoxy groups -OCH3 is 1. The third kappa shape index (κ3) is 3.31. The molecule has 0 spiro atoms. The van der Waals surface area contributed by atoms with Gasteiger partial charge in [0.2, 0.25) is 0 Å². The van der Waals surface area contributed by atoms with E-state index in [-0.39, 0.29) is 5.56 Å². The van der Waals surface area contributed by atoms with Crippen molar-refractivity contribution in [3.05, 3.63) is 51.8 Å². The summed E-state index contributed by atoms with van der Waals surface area (Å²) in [5, 5.41) is 4.89. The van der Waals surface area contributed by atoms with Crippen molar-refractivity contribution in [1.29, 1.82) is 0 Å². The molecule has 21 heavy (non-hydrogen) atoms. The minimum atomic E-state index is -0.727. The molecular formula is C15H15ClN2O3. The third-order valence-electron chi connectivity index (χ3n) is 3.12. The summed E-state index contributed by atoms with van der Waals surface area (Å²) in [6, 6.07) is 9.37. The van der Waals surface area contributed by atoms with Gasteiger partial charge < -0.3 is 4.74 Å². The lowest BCUT2D eigenvalue weighted by Crippen LogP contribution is -2.32. The molecule has 0 amide bonds. The normalized spacial score (nSPS) is 12.0. The number of benzene rings is 1. The van der Waals surface area contributed by atoms with Crippen LogP contribution in [0.15, 0.2) is 41.2 Å². The molecule has 0 aliphatic carbocycles. The van der Waals surface area contributed by atoms with Gasteiger partial charge in [0.05, 0.1) is 12.8 Å². The van der Waals surface area contributed by atoms with Gasteiger partial charge in [0.25, 0.3) is 5.56 Å². The van der Waals surface area contributed by atoms with E-state index < -0.39 is 12.0 Å². The van der Waals surface area contributed by atoms with Crippen LogP contribution < -0.4 is 5.56 Å². The first-order chi connectivity index (χ1) is 10.1. The molecule has 0 saturated carbocycles. The third-order valence-corrected chi connectivity index (χ3v) is 3.37. The molecule has 2 rings (SSSR count). The number of carbonyl (C=O) groups is 1. The summed E-state index contributed by atoms with van der Waals surface area (Å²) in [5.41, 5.74) is 1.06. The Hall–Kier alpha value is -2.14. The van der Waals surface area contributed by atoms with Gasteiger partial charge in [0, 0.05) is 16.7 Å². The van der Waals surface area contributed by atoms with E-state index in [1.54, 1.807) is 37.3 Å². The molecule has 0 bridgehead atoms. The second-order valence-corrected chi connectivity index (χ2v) is 4.89. The Morgan fingerprint density at radius 1 is 1.29 bits per heavy atom. The van der Waals surface area contributed by atoms with Gasteiger partial charge in [-0.3, -0.25) is 4.79 Å². The van der Waals surface area contributed by atoms with Crippen LogP contribution in [0, 0.1) is 0 Å². The molecule has 0 radical (unpaired) electrons. The first kappa shape index (κ1) is 15.3. The summed E-state index contributed by atoms with van der Waals surface area (Å²) in [5.74, 6) is -0.486. The molecule has 6 heteroatoms. The molecule has 1 aromatic heterocycles. The molecule has 0 aliphatic rings. The summed E-state index contributed by atoms with van der Waals surface area (Å²) in [7, 11) is 1.29. The molecule has 0 N–H and O–H groups in total. The van der Waals surface area contributed by atoms with Crippen molar-refractivity contribution in [3.8, 4) is 11.3 Å². The van der Waals surface area contributed by atoms with Gasteiger partial charge in [0.15, 0.2) is 6.04 Å². The predicted molar refractivity (Wildman–Crippen MR) is 80.3 cm³/mol. The lowest BCUT2D eigenvalue weighted by molar-refractivity contribution is -0.145. The lowest BCUT2D eigenvalue weighted by Gasteiger charge is -2.15. The van der Waals surface area contributed by atoms with Crippen molar-refractivity contribution in [2.45, 2.75) is 19.4 Å². The fourth-order valence-corrected chi connectivity index (χ4v) is 2.12. The maximum absolute atomic E-state index is 11.9. The first-order valence-corrected chi connectivity index (χ1v) is 6.88. The molecule has 0 aliphatic heterocycles. The fourth-order valence-electron chi connectivity index (χ4n) is 2.00. The Morgan fingerprint density at radius 3 is 2.52 bits per heavy atom. The standard InChI is InChI=1S/C15H15ClN2O3/c1-3-13(15(20)21-2)18-14(19)9-8-12(17-18)10-4-6-11(16)7-5-10/h4-9,13H,3H2,1-2H3/t13-/m0/s1. The van der Waals surface area contributed by atoms with E-state index >= 15 is 0 Å². The average molecular weight is 307 g/mol. The minimum Gasteiger partial charge on any atom is -0.467 e. The molecule has 1 aromatic carbocycles. The zero-order valence-electron chi connectivity index (χ0n) is 11.7. The molecular weight excluding hydrogens is 292 g/mol. The Labute approximate surface area is 127 Å². The molecule has 1 heterocycles. The second-order valence-electron chi connectivity index (χ2n) is 4.46. The first-order valence-electron chi connectivity index (χ1n) is 6.50. The van der Waals surface area contributed by atoms with Gasteiger partial charge in [-0.15, -0.1) is 0 Å². The van der Waals surface area contributed by atoms with Crippen molar-refractivity contribution in [3.63, 3.8) is 0 Å². The van der Waals surface area contributed by atoms with Gasteiger partial charge in [-0.1, -0.05) is 30.7 Å². The number of carbonyl (C=O) groups excluding carboxylic acids is 1. The monoisotopic (exact) mass is 306 g/mol. The predicted octanol–water partition coefficient (Wildman–Crippen LogP) is 2.69. The summed E-state index contributed by atoms with van der Waals surface area (Å²) in [6.45, 7) is 1.80. The molecule has 0 fully saturated rings. The van der Waals surface area contributed by atoms with Gasteiger partial charge in [-0.25, -0.2) is 9.48 Å². The van der Waals surface area contributed by atoms with E-state index in [2.05, 4.69) is 5.10 Å². The maximum atomic E-state index is 11.9. The minimum absolute atomic E-state index is 0.343. The number of hydrogen-bond donors (Lipinski definition) is 0. The second kappa shape index (κ2) is 6.54. The number of hydrogen-bond acceptors (Lipinski definition) is 4. The van der Waals surface area contributed by atoms with E-state index in [4.69, 9.17) is 16.3 Å². The van der Waals surface area contributed by atoms with Crippen LogP contribution in [0.25, 0.3) is 11.3 Å². The van der Waals surface area contributed by atoms with E-state index in [1.165, 1.54) is 13.2 Å². The number of ether oxygens (including phenoxy) is 1. The fraction of sp³-hybridized carbons (Fsp3) is 0.267. The Bertz CT molecular complexity index is 695. The van der Waals surface area contributed by atoms with E-state index in [0.29, 0.717) is 17.1 Å². The van der Waals surface area contributed by atoms with Crippen LogP contribution in [0.1, 0.15) is 19.4 Å². The SMILES string of the molecule is CC[C@@H](C(=O)OC)n1nc(-c2ccc(Cl)cc2)ccc1=O. The van der Waals surface area contributed by atoms with Crippen molar-refractivity contribution in [2.75, 3.05) is 7.11 Å². The van der Waals surface area contributed by atoms with Crippen LogP contribution in [-0.4, -0.2) is 22.9 Å². The highest BCUT2D eigenvalue weighted by Gasteiger charge is 2.21. The molecule has 1 atom stereocenters. The number of nitrogens with zero attached hydrogens (tertiary/aromatic N) is 2. The summed E-state index contributed by atoms with van der Waals surface area (Å²) >= 11 is 5.85. The number of rotatable bonds is 4. The van der Waals surface area contributed by atoms with Crippen LogP contribution in [0.4, 0.5) is 0 Å². The van der Waals surface area contributed by atoms with E-state index in [0.717, 1.165) is 10.2 Å². The largest absolute Gasteiger partial charge is 0.467 e. The lowest BCUT2D eigenvalue weighted by atomic mass is 10.1. The van der Waals surface area contributed by atoms with Crippen LogP contribution in [-0.2, 0) is 9.53 Å². The topological polar surface area (TPSA) is 61.2 Å². The zero-order chi connectivity index (χ0) is 15.4. The van der Waals surface area contributed by atoms with Gasteiger partial charge in [-0.2, -0.15) is 5.10 Å². The highest BCUT2D eigenvalue weighted by molar-refractivity contribution is 6.30. The van der Waals surface area contributed by atoms with Crippen LogP contribution >= 0.6 is 11.6 Å². The number of esters is 1. The maximum Gasteiger partial charge on any atom is 0.330 e. The summed E-state index contributed by atoms with van der Waals surface area (Å²) in [4.78, 5) is 23.7. The quantitative estimate of drug-likeness (QED) is 0.815. The smallest absolute Gasteiger partial charge is 0.330 e. The molecule has 2 aromatic rings. The van der Waals surface area contributed by atoms with E-state index in [1.807, 2.05) is 0 Å². The van der Waals surface area contributed by atoms with Gasteiger partial charge >= 0.3 is 5.97 Å². The van der Waals surface area contributed by atoms with E-state index in [9.17, 15) is 9.59 Å². The zero-order valence-corrected chi connectivity index (χ0v) is 12.5. The molecule has 0 unspecified atom stereocenters. The van der Waals surface area contributed by atoms with Crippen molar-refractivity contribution >= 4 is 17.6 Å². The Kier molecular flexibility index (Phi) is 4.75. The molecule has 0 saturated heterocycles. The summed E-state index contributed by atoms with van der Waals surface area (Å²) in [6.07, 6.45) is 0.420. The van der Waals surface area contributed by atoms with Crippen molar-refractivity contribution in [1.82, 2.24) is 9.78 Å². The number of aromatic nitrogens is 2. The average Bonchev–Trinajstić information content (AvgIpc) is 2.50. The molecule has 5 nitrogen and oxygen atoms in total.